The van der Waals surface area contributed by atoms with Crippen LogP contribution in [0.25, 0.3) is 0 Å². The fourth-order valence-electron chi connectivity index (χ4n) is 3.80. The zero-order valence-electron chi connectivity index (χ0n) is 11.7. The van der Waals surface area contributed by atoms with E-state index in [-0.39, 0.29) is 21.4 Å². The number of anilines is 1. The van der Waals surface area contributed by atoms with E-state index < -0.39 is 0 Å². The van der Waals surface area contributed by atoms with Gasteiger partial charge in [0.25, 0.3) is 5.69 Å². The summed E-state index contributed by atoms with van der Waals surface area (Å²) in [7, 11) is 0. The van der Waals surface area contributed by atoms with Crippen LogP contribution < -0.4 is 5.48 Å². The van der Waals surface area contributed by atoms with Gasteiger partial charge in [0.2, 0.25) is 0 Å². The van der Waals surface area contributed by atoms with Gasteiger partial charge in [0, 0.05) is 11.5 Å². The quantitative estimate of drug-likeness (QED) is 0.623. The molecule has 0 amide bonds. The van der Waals surface area contributed by atoms with Crippen molar-refractivity contribution in [2.45, 2.75) is 44.9 Å². The van der Waals surface area contributed by atoms with Gasteiger partial charge >= 0.3 is 0 Å². The fourth-order valence-corrected chi connectivity index (χ4v) is 3.80. The maximum absolute atomic E-state index is 11.2. The summed E-state index contributed by atoms with van der Waals surface area (Å²) in [4.78, 5) is 16.4. The standard InChI is InChI=1S/C14H18N2O3/c1-8-10(16(17)18)5-9-11-12(8)15-19-7-14(11,4)6-13(9,2)3/h5,15H,6-7H2,1-4H3. The monoisotopic (exact) mass is 262 g/mol. The Labute approximate surface area is 112 Å². The number of nitrogens with one attached hydrogen (secondary N) is 1. The van der Waals surface area contributed by atoms with E-state index >= 15 is 0 Å². The van der Waals surface area contributed by atoms with E-state index in [0.29, 0.717) is 12.2 Å². The lowest BCUT2D eigenvalue weighted by Gasteiger charge is -2.33. The zero-order valence-corrected chi connectivity index (χ0v) is 11.7. The molecule has 0 radical (unpaired) electrons. The van der Waals surface area contributed by atoms with Crippen molar-refractivity contribution in [1.82, 2.24) is 0 Å². The smallest absolute Gasteiger partial charge is 0.274 e. The summed E-state index contributed by atoms with van der Waals surface area (Å²) in [6.07, 6.45) is 0.949. The molecule has 0 saturated carbocycles. The summed E-state index contributed by atoms with van der Waals surface area (Å²) in [6, 6.07) is 1.76. The topological polar surface area (TPSA) is 64.4 Å². The van der Waals surface area contributed by atoms with Crippen LogP contribution in [0.2, 0.25) is 0 Å². The highest BCUT2D eigenvalue weighted by Crippen LogP contribution is 2.56. The Bertz CT molecular complexity index is 595. The minimum atomic E-state index is -0.311. The van der Waals surface area contributed by atoms with Crippen molar-refractivity contribution < 1.29 is 9.76 Å². The van der Waals surface area contributed by atoms with Crippen molar-refractivity contribution in [3.63, 3.8) is 0 Å². The minimum Gasteiger partial charge on any atom is -0.275 e. The van der Waals surface area contributed by atoms with Crippen LogP contribution in [0.4, 0.5) is 11.4 Å². The van der Waals surface area contributed by atoms with Gasteiger partial charge in [-0.15, -0.1) is 0 Å². The van der Waals surface area contributed by atoms with Crippen LogP contribution >= 0.6 is 0 Å². The third-order valence-corrected chi connectivity index (χ3v) is 4.49. The Balaban J connectivity index is 2.38. The molecule has 2 aliphatic rings. The predicted molar refractivity (Wildman–Crippen MR) is 72.4 cm³/mol. The van der Waals surface area contributed by atoms with Gasteiger partial charge in [0.05, 0.1) is 22.8 Å². The third kappa shape index (κ3) is 1.51. The van der Waals surface area contributed by atoms with Gasteiger partial charge in [-0.1, -0.05) is 20.8 Å². The lowest BCUT2D eigenvalue weighted by Crippen LogP contribution is -2.33. The molecule has 19 heavy (non-hydrogen) atoms. The van der Waals surface area contributed by atoms with Crippen LogP contribution in [0.15, 0.2) is 6.07 Å². The van der Waals surface area contributed by atoms with Gasteiger partial charge in [-0.2, -0.15) is 0 Å². The molecule has 1 aromatic carbocycles. The SMILES string of the molecule is Cc1c([N+](=O)[O-])cc2c3c1NOCC3(C)CC2(C)C. The molecule has 0 saturated heterocycles. The summed E-state index contributed by atoms with van der Waals surface area (Å²) in [5, 5.41) is 11.2. The van der Waals surface area contributed by atoms with Gasteiger partial charge in [-0.05, 0) is 29.9 Å². The summed E-state index contributed by atoms with van der Waals surface area (Å²) in [5.41, 5.74) is 6.68. The van der Waals surface area contributed by atoms with Crippen molar-refractivity contribution in [3.05, 3.63) is 32.9 Å². The normalized spacial score (nSPS) is 26.7. The third-order valence-electron chi connectivity index (χ3n) is 4.49. The first-order valence-corrected chi connectivity index (χ1v) is 6.47. The average Bonchev–Trinajstić information content (AvgIpc) is 2.49. The van der Waals surface area contributed by atoms with Crippen molar-refractivity contribution in [3.8, 4) is 0 Å². The highest BCUT2D eigenvalue weighted by Gasteiger charge is 2.50. The van der Waals surface area contributed by atoms with Gasteiger partial charge < -0.3 is 0 Å². The number of nitro benzene ring substituents is 1. The lowest BCUT2D eigenvalue weighted by molar-refractivity contribution is -0.385. The summed E-state index contributed by atoms with van der Waals surface area (Å²) in [6.45, 7) is 8.85. The number of rotatable bonds is 1. The molecule has 5 nitrogen and oxygen atoms in total. The molecule has 0 spiro atoms. The van der Waals surface area contributed by atoms with Crippen LogP contribution in [0, 0.1) is 17.0 Å². The second-order valence-electron chi connectivity index (χ2n) is 6.59. The van der Waals surface area contributed by atoms with E-state index in [0.717, 1.165) is 17.7 Å². The van der Waals surface area contributed by atoms with E-state index in [1.165, 1.54) is 5.56 Å². The van der Waals surface area contributed by atoms with Crippen LogP contribution in [0.5, 0.6) is 0 Å². The highest BCUT2D eigenvalue weighted by atomic mass is 16.6. The molecule has 1 aliphatic carbocycles. The number of benzene rings is 1. The lowest BCUT2D eigenvalue weighted by atomic mass is 9.80. The van der Waals surface area contributed by atoms with Gasteiger partial charge in [0.15, 0.2) is 0 Å². The molecule has 1 aromatic rings. The summed E-state index contributed by atoms with van der Waals surface area (Å²) >= 11 is 0. The Morgan fingerprint density at radius 2 is 2.11 bits per heavy atom. The zero-order chi connectivity index (χ0) is 14.0. The molecule has 0 aromatic heterocycles. The number of nitro groups is 1. The Hall–Kier alpha value is -1.62. The molecular formula is C14H18N2O3. The average molecular weight is 262 g/mol. The van der Waals surface area contributed by atoms with E-state index in [1.807, 2.05) is 0 Å². The molecule has 3 rings (SSSR count). The first-order chi connectivity index (χ1) is 8.76. The van der Waals surface area contributed by atoms with Gasteiger partial charge in [0.1, 0.15) is 0 Å². The maximum Gasteiger partial charge on any atom is 0.274 e. The molecule has 5 heteroatoms. The minimum absolute atomic E-state index is 0.0562. The molecule has 1 atom stereocenters. The molecule has 102 valence electrons. The second kappa shape index (κ2) is 3.48. The number of hydrogen-bond donors (Lipinski definition) is 1. The summed E-state index contributed by atoms with van der Waals surface area (Å²) in [5.74, 6) is 0. The molecule has 0 fully saturated rings. The van der Waals surface area contributed by atoms with Crippen LogP contribution in [-0.4, -0.2) is 11.5 Å². The Kier molecular flexibility index (Phi) is 2.27. The van der Waals surface area contributed by atoms with Crippen LogP contribution in [0.3, 0.4) is 0 Å². The summed E-state index contributed by atoms with van der Waals surface area (Å²) < 4.78 is 0. The second-order valence-corrected chi connectivity index (χ2v) is 6.59. The predicted octanol–water partition coefficient (Wildman–Crippen LogP) is 3.20. The first kappa shape index (κ1) is 12.4. The van der Waals surface area contributed by atoms with Crippen LogP contribution in [-0.2, 0) is 15.7 Å². The molecule has 1 N–H and O–H groups in total. The first-order valence-electron chi connectivity index (χ1n) is 6.47. The molecule has 1 heterocycles. The molecule has 0 bridgehead atoms. The van der Waals surface area contributed by atoms with Crippen LogP contribution in [0.1, 0.15) is 43.9 Å². The van der Waals surface area contributed by atoms with Crippen molar-refractivity contribution in [2.24, 2.45) is 0 Å². The molecule has 1 unspecified atom stereocenters. The maximum atomic E-state index is 11.2. The molecular weight excluding hydrogens is 244 g/mol. The van der Waals surface area contributed by atoms with Crippen molar-refractivity contribution in [2.75, 3.05) is 12.1 Å². The largest absolute Gasteiger partial charge is 0.275 e. The Morgan fingerprint density at radius 1 is 1.42 bits per heavy atom. The fraction of sp³-hybridized carbons (Fsp3) is 0.571. The number of hydrogen-bond acceptors (Lipinski definition) is 4. The van der Waals surface area contributed by atoms with E-state index in [9.17, 15) is 10.1 Å². The van der Waals surface area contributed by atoms with E-state index in [4.69, 9.17) is 4.84 Å². The Morgan fingerprint density at radius 3 is 2.74 bits per heavy atom. The number of nitrogens with zero attached hydrogens (tertiary/aromatic N) is 1. The van der Waals surface area contributed by atoms with Crippen molar-refractivity contribution in [1.29, 1.82) is 0 Å². The van der Waals surface area contributed by atoms with E-state index in [1.54, 1.807) is 13.0 Å². The van der Waals surface area contributed by atoms with Crippen molar-refractivity contribution >= 4 is 11.4 Å². The van der Waals surface area contributed by atoms with E-state index in [2.05, 4.69) is 26.3 Å². The van der Waals surface area contributed by atoms with Gasteiger partial charge in [-0.25, -0.2) is 0 Å². The molecule has 1 aliphatic heterocycles. The van der Waals surface area contributed by atoms with Gasteiger partial charge in [-0.3, -0.25) is 20.4 Å². The highest BCUT2D eigenvalue weighted by molar-refractivity contribution is 5.72.